The quantitative estimate of drug-likeness (QED) is 0.584. The molecule has 0 unspecified atom stereocenters. The summed E-state index contributed by atoms with van der Waals surface area (Å²) in [6.45, 7) is 6.70. The molecule has 0 radical (unpaired) electrons. The van der Waals surface area contributed by atoms with Crippen LogP contribution < -0.4 is 5.32 Å². The van der Waals surface area contributed by atoms with Crippen molar-refractivity contribution in [1.82, 2.24) is 5.32 Å². The maximum atomic E-state index is 8.27. The highest BCUT2D eigenvalue weighted by Gasteiger charge is 1.92. The second kappa shape index (κ2) is 9.50. The van der Waals surface area contributed by atoms with Crippen molar-refractivity contribution in [2.75, 3.05) is 19.8 Å². The lowest BCUT2D eigenvalue weighted by Gasteiger charge is -2.07. The van der Waals surface area contributed by atoms with E-state index in [-0.39, 0.29) is 0 Å². The maximum absolute atomic E-state index is 8.27. The molecule has 0 aromatic heterocycles. The summed E-state index contributed by atoms with van der Waals surface area (Å²) in [4.78, 5) is 0. The lowest BCUT2D eigenvalue weighted by molar-refractivity contribution is 0.131. The van der Waals surface area contributed by atoms with Crippen molar-refractivity contribution < 1.29 is 4.74 Å². The van der Waals surface area contributed by atoms with Gasteiger partial charge in [-0.2, -0.15) is 5.26 Å². The van der Waals surface area contributed by atoms with E-state index in [9.17, 15) is 0 Å². The molecule has 0 rings (SSSR count). The number of nitriles is 1. The topological polar surface area (TPSA) is 45.0 Å². The Morgan fingerprint density at radius 1 is 1.31 bits per heavy atom. The molecule has 0 amide bonds. The van der Waals surface area contributed by atoms with E-state index >= 15 is 0 Å². The second-order valence-electron chi connectivity index (χ2n) is 3.34. The molecule has 76 valence electrons. The molecule has 0 heterocycles. The molecule has 0 aliphatic heterocycles. The molecule has 0 fully saturated rings. The smallest absolute Gasteiger partial charge is 0.0621 e. The van der Waals surface area contributed by atoms with Gasteiger partial charge in [0.1, 0.15) is 0 Å². The third kappa shape index (κ3) is 11.4. The average Bonchev–Trinajstić information content (AvgIpc) is 2.09. The zero-order valence-corrected chi connectivity index (χ0v) is 8.68. The van der Waals surface area contributed by atoms with Gasteiger partial charge in [-0.1, -0.05) is 13.8 Å². The summed E-state index contributed by atoms with van der Waals surface area (Å²) < 4.78 is 5.36. The highest BCUT2D eigenvalue weighted by Crippen LogP contribution is 1.93. The van der Waals surface area contributed by atoms with E-state index in [0.29, 0.717) is 12.5 Å². The molecule has 0 saturated carbocycles. The second-order valence-corrected chi connectivity index (χ2v) is 3.34. The zero-order chi connectivity index (χ0) is 9.94. The summed E-state index contributed by atoms with van der Waals surface area (Å²) in [7, 11) is 0. The number of unbranched alkanes of at least 4 members (excludes halogenated alkanes) is 2. The zero-order valence-electron chi connectivity index (χ0n) is 8.68. The molecule has 0 aromatic rings. The number of nitrogens with zero attached hydrogens (tertiary/aromatic N) is 1. The van der Waals surface area contributed by atoms with Crippen molar-refractivity contribution in [3.8, 4) is 6.07 Å². The lowest BCUT2D eigenvalue weighted by Crippen LogP contribution is -2.26. The molecule has 3 heteroatoms. The molecule has 1 N–H and O–H groups in total. The highest BCUT2D eigenvalue weighted by atomic mass is 16.5. The van der Waals surface area contributed by atoms with Gasteiger partial charge in [0.25, 0.3) is 0 Å². The first kappa shape index (κ1) is 12.4. The monoisotopic (exact) mass is 184 g/mol. The summed E-state index contributed by atoms with van der Waals surface area (Å²) in [5.41, 5.74) is 0. The van der Waals surface area contributed by atoms with Gasteiger partial charge in [0.2, 0.25) is 0 Å². The van der Waals surface area contributed by atoms with Gasteiger partial charge in [0, 0.05) is 25.6 Å². The third-order valence-electron chi connectivity index (χ3n) is 1.63. The fourth-order valence-electron chi connectivity index (χ4n) is 0.930. The van der Waals surface area contributed by atoms with Crippen molar-refractivity contribution >= 4 is 0 Å². The molecular formula is C10H20N2O. The van der Waals surface area contributed by atoms with Crippen LogP contribution in [0.3, 0.4) is 0 Å². The Morgan fingerprint density at radius 2 is 2.08 bits per heavy atom. The van der Waals surface area contributed by atoms with E-state index in [2.05, 4.69) is 25.2 Å². The van der Waals surface area contributed by atoms with E-state index in [1.165, 1.54) is 0 Å². The van der Waals surface area contributed by atoms with Crippen LogP contribution >= 0.6 is 0 Å². The summed E-state index contributed by atoms with van der Waals surface area (Å²) in [5, 5.41) is 11.5. The predicted molar refractivity (Wildman–Crippen MR) is 53.4 cm³/mol. The molecule has 0 atom stereocenters. The van der Waals surface area contributed by atoms with Gasteiger partial charge in [-0.25, -0.2) is 0 Å². The molecule has 0 spiro atoms. The first-order valence-corrected chi connectivity index (χ1v) is 4.95. The Balaban J connectivity index is 2.88. The van der Waals surface area contributed by atoms with Crippen molar-refractivity contribution in [3.63, 3.8) is 0 Å². The van der Waals surface area contributed by atoms with Crippen LogP contribution in [0.25, 0.3) is 0 Å². The van der Waals surface area contributed by atoms with Crippen LogP contribution in [0.4, 0.5) is 0 Å². The first-order valence-electron chi connectivity index (χ1n) is 4.95. The van der Waals surface area contributed by atoms with Crippen molar-refractivity contribution in [1.29, 1.82) is 5.26 Å². The van der Waals surface area contributed by atoms with Gasteiger partial charge in [-0.15, -0.1) is 0 Å². The molecule has 0 aromatic carbocycles. The van der Waals surface area contributed by atoms with Crippen LogP contribution in [0.15, 0.2) is 0 Å². The van der Waals surface area contributed by atoms with Crippen LogP contribution in [0.2, 0.25) is 0 Å². The number of hydrogen-bond acceptors (Lipinski definition) is 3. The van der Waals surface area contributed by atoms with E-state index in [1.54, 1.807) is 0 Å². The Bertz CT molecular complexity index is 140. The normalized spacial score (nSPS) is 10.3. The van der Waals surface area contributed by atoms with Gasteiger partial charge in [-0.3, -0.25) is 0 Å². The Kier molecular flexibility index (Phi) is 9.07. The number of ether oxygens (including phenoxy) is 1. The van der Waals surface area contributed by atoms with Gasteiger partial charge < -0.3 is 10.1 Å². The molecule has 0 aliphatic rings. The average molecular weight is 184 g/mol. The fourth-order valence-corrected chi connectivity index (χ4v) is 0.930. The minimum absolute atomic E-state index is 0.530. The fraction of sp³-hybridized carbons (Fsp3) is 0.900. The molecule has 0 saturated heterocycles. The van der Waals surface area contributed by atoms with Gasteiger partial charge in [0.15, 0.2) is 0 Å². The van der Waals surface area contributed by atoms with Crippen LogP contribution in [-0.2, 0) is 4.74 Å². The van der Waals surface area contributed by atoms with Crippen molar-refractivity contribution in [3.05, 3.63) is 0 Å². The van der Waals surface area contributed by atoms with E-state index < -0.39 is 0 Å². The van der Waals surface area contributed by atoms with Gasteiger partial charge >= 0.3 is 0 Å². The minimum atomic E-state index is 0.530. The Morgan fingerprint density at radius 3 is 2.69 bits per heavy atom. The van der Waals surface area contributed by atoms with E-state index in [1.807, 2.05) is 0 Å². The molecule has 0 bridgehead atoms. The Labute approximate surface area is 81.1 Å². The third-order valence-corrected chi connectivity index (χ3v) is 1.63. The SMILES string of the molecule is CC(C)NCCOCCCCC#N. The van der Waals surface area contributed by atoms with Crippen LogP contribution in [-0.4, -0.2) is 25.8 Å². The summed E-state index contributed by atoms with van der Waals surface area (Å²) in [5.74, 6) is 0. The number of rotatable bonds is 8. The standard InChI is InChI=1S/C10H20N2O/c1-10(2)12-7-9-13-8-5-3-4-6-11/h10,12H,3-5,7-9H2,1-2H3. The maximum Gasteiger partial charge on any atom is 0.0621 e. The van der Waals surface area contributed by atoms with E-state index in [0.717, 1.165) is 32.6 Å². The summed E-state index contributed by atoms with van der Waals surface area (Å²) >= 11 is 0. The number of hydrogen-bond donors (Lipinski definition) is 1. The van der Waals surface area contributed by atoms with Crippen molar-refractivity contribution in [2.45, 2.75) is 39.2 Å². The van der Waals surface area contributed by atoms with Crippen LogP contribution in [0, 0.1) is 11.3 Å². The van der Waals surface area contributed by atoms with Crippen molar-refractivity contribution in [2.24, 2.45) is 0 Å². The first-order chi connectivity index (χ1) is 6.27. The molecule has 0 aliphatic carbocycles. The largest absolute Gasteiger partial charge is 0.380 e. The summed E-state index contributed by atoms with van der Waals surface area (Å²) in [6, 6.07) is 2.65. The van der Waals surface area contributed by atoms with Crippen LogP contribution in [0.1, 0.15) is 33.1 Å². The molecule has 13 heavy (non-hydrogen) atoms. The molecular weight excluding hydrogens is 164 g/mol. The van der Waals surface area contributed by atoms with Gasteiger partial charge in [-0.05, 0) is 12.8 Å². The van der Waals surface area contributed by atoms with Crippen LogP contribution in [0.5, 0.6) is 0 Å². The molecule has 3 nitrogen and oxygen atoms in total. The van der Waals surface area contributed by atoms with Gasteiger partial charge in [0.05, 0.1) is 12.7 Å². The minimum Gasteiger partial charge on any atom is -0.380 e. The predicted octanol–water partition coefficient (Wildman–Crippen LogP) is 1.69. The van der Waals surface area contributed by atoms with E-state index in [4.69, 9.17) is 10.00 Å². The highest BCUT2D eigenvalue weighted by molar-refractivity contribution is 4.67. The Hall–Kier alpha value is -0.590. The number of nitrogens with one attached hydrogen (secondary N) is 1. The lowest BCUT2D eigenvalue weighted by atomic mass is 10.3. The summed E-state index contributed by atoms with van der Waals surface area (Å²) in [6.07, 6.45) is 2.59.